The molecule has 0 spiro atoms. The number of hydrogen-bond acceptors (Lipinski definition) is 6. The van der Waals surface area contributed by atoms with Gasteiger partial charge in [0.05, 0.1) is 33.0 Å². The van der Waals surface area contributed by atoms with Crippen LogP contribution in [-0.4, -0.2) is 71.8 Å². The number of carbonyl (C=O) groups is 1. The fourth-order valence-corrected chi connectivity index (χ4v) is 2.14. The Morgan fingerprint density at radius 1 is 0.923 bits per heavy atom. The molecule has 0 aliphatic heterocycles. The quantitative estimate of drug-likeness (QED) is 0.507. The van der Waals surface area contributed by atoms with Crippen molar-refractivity contribution in [1.82, 2.24) is 10.2 Å². The van der Waals surface area contributed by atoms with Gasteiger partial charge < -0.3 is 29.2 Å². The summed E-state index contributed by atoms with van der Waals surface area (Å²) < 4.78 is 20.6. The van der Waals surface area contributed by atoms with E-state index >= 15 is 0 Å². The maximum atomic E-state index is 11.7. The summed E-state index contributed by atoms with van der Waals surface area (Å²) in [5, 5.41) is 2.75. The molecule has 0 fully saturated rings. The van der Waals surface area contributed by atoms with E-state index in [0.29, 0.717) is 52.6 Å². The lowest BCUT2D eigenvalue weighted by Gasteiger charge is -2.11. The lowest BCUT2D eigenvalue weighted by atomic mass is 10.1. The van der Waals surface area contributed by atoms with Crippen molar-refractivity contribution in [1.29, 1.82) is 0 Å². The molecule has 7 nitrogen and oxygen atoms in total. The van der Waals surface area contributed by atoms with Gasteiger partial charge in [-0.1, -0.05) is 24.3 Å². The molecule has 26 heavy (non-hydrogen) atoms. The van der Waals surface area contributed by atoms with E-state index < -0.39 is 6.09 Å². The maximum Gasteiger partial charge on any atom is 0.407 e. The lowest BCUT2D eigenvalue weighted by molar-refractivity contribution is 0.0211. The van der Waals surface area contributed by atoms with Crippen molar-refractivity contribution in [2.45, 2.75) is 19.5 Å². The third-order valence-electron chi connectivity index (χ3n) is 3.43. The second-order valence-corrected chi connectivity index (χ2v) is 6.11. The van der Waals surface area contributed by atoms with E-state index in [1.54, 1.807) is 7.11 Å². The van der Waals surface area contributed by atoms with Crippen LogP contribution in [0.1, 0.15) is 17.5 Å². The summed E-state index contributed by atoms with van der Waals surface area (Å²) in [5.41, 5.74) is 2.28. The average molecular weight is 368 g/mol. The van der Waals surface area contributed by atoms with Crippen LogP contribution >= 0.6 is 0 Å². The summed E-state index contributed by atoms with van der Waals surface area (Å²) in [5.74, 6) is 0. The normalized spacial score (nSPS) is 10.9. The summed E-state index contributed by atoms with van der Waals surface area (Å²) in [6, 6.07) is 8.17. The second-order valence-electron chi connectivity index (χ2n) is 6.11. The molecule has 1 aromatic rings. The van der Waals surface area contributed by atoms with Crippen molar-refractivity contribution in [3.05, 3.63) is 35.4 Å². The van der Waals surface area contributed by atoms with Crippen molar-refractivity contribution < 1.29 is 23.7 Å². The monoisotopic (exact) mass is 368 g/mol. The van der Waals surface area contributed by atoms with E-state index in [1.165, 1.54) is 5.56 Å². The molecule has 0 heterocycles. The molecule has 148 valence electrons. The molecule has 1 aromatic carbocycles. The zero-order chi connectivity index (χ0) is 19.0. The van der Waals surface area contributed by atoms with E-state index in [9.17, 15) is 4.79 Å². The Morgan fingerprint density at radius 3 is 2.19 bits per heavy atom. The van der Waals surface area contributed by atoms with Gasteiger partial charge in [-0.2, -0.15) is 0 Å². The Morgan fingerprint density at radius 2 is 1.54 bits per heavy atom. The highest BCUT2D eigenvalue weighted by Crippen LogP contribution is 2.06. The van der Waals surface area contributed by atoms with E-state index in [1.807, 2.05) is 26.2 Å². The summed E-state index contributed by atoms with van der Waals surface area (Å²) in [4.78, 5) is 13.8. The number of ether oxygens (including phenoxy) is 4. The first-order valence-electron chi connectivity index (χ1n) is 8.89. The lowest BCUT2D eigenvalue weighted by Crippen LogP contribution is -2.24. The largest absolute Gasteiger partial charge is 0.449 e. The fraction of sp³-hybridized carbons (Fsp3) is 0.632. The molecule has 0 saturated heterocycles. The predicted molar refractivity (Wildman–Crippen MR) is 100 cm³/mol. The number of methoxy groups -OCH3 is 1. The Bertz CT molecular complexity index is 479. The third-order valence-corrected chi connectivity index (χ3v) is 3.43. The zero-order valence-corrected chi connectivity index (χ0v) is 16.2. The highest BCUT2D eigenvalue weighted by molar-refractivity contribution is 5.67. The van der Waals surface area contributed by atoms with Crippen LogP contribution in [0.5, 0.6) is 0 Å². The Hall–Kier alpha value is -1.67. The summed E-state index contributed by atoms with van der Waals surface area (Å²) in [6.45, 7) is 4.45. The number of benzene rings is 1. The van der Waals surface area contributed by atoms with Gasteiger partial charge in [0.2, 0.25) is 0 Å². The number of nitrogens with one attached hydrogen (secondary N) is 1. The number of hydrogen-bond donors (Lipinski definition) is 1. The number of amides is 1. The van der Waals surface area contributed by atoms with Gasteiger partial charge in [0, 0.05) is 33.2 Å². The van der Waals surface area contributed by atoms with E-state index in [-0.39, 0.29) is 0 Å². The molecule has 0 unspecified atom stereocenters. The first-order valence-corrected chi connectivity index (χ1v) is 8.89. The Labute approximate surface area is 156 Å². The zero-order valence-electron chi connectivity index (χ0n) is 16.2. The molecule has 1 amide bonds. The minimum Gasteiger partial charge on any atom is -0.449 e. The van der Waals surface area contributed by atoms with Crippen LogP contribution in [0.2, 0.25) is 0 Å². The molecule has 0 aliphatic rings. The van der Waals surface area contributed by atoms with Gasteiger partial charge in [0.1, 0.15) is 0 Å². The summed E-state index contributed by atoms with van der Waals surface area (Å²) in [6.07, 6.45) is 0.246. The molecule has 0 aromatic heterocycles. The SMILES string of the molecule is COCCOCCOCCCOC(=O)NCc1ccc(CN(C)C)cc1. The molecule has 0 atom stereocenters. The standard InChI is InChI=1S/C19H32N2O5/c1-21(2)16-18-7-5-17(6-8-18)15-20-19(22)26-10-4-9-24-13-14-25-12-11-23-3/h5-8H,4,9-16H2,1-3H3,(H,20,22). The van der Waals surface area contributed by atoms with Gasteiger partial charge in [-0.25, -0.2) is 4.79 Å². The van der Waals surface area contributed by atoms with Crippen LogP contribution in [0, 0.1) is 0 Å². The molecule has 0 aliphatic carbocycles. The van der Waals surface area contributed by atoms with Crippen LogP contribution in [0.4, 0.5) is 4.79 Å². The maximum absolute atomic E-state index is 11.7. The van der Waals surface area contributed by atoms with Gasteiger partial charge in [0.15, 0.2) is 0 Å². The highest BCUT2D eigenvalue weighted by Gasteiger charge is 2.02. The first-order chi connectivity index (χ1) is 12.6. The van der Waals surface area contributed by atoms with Crippen molar-refractivity contribution >= 4 is 6.09 Å². The molecular weight excluding hydrogens is 336 g/mol. The molecule has 1 N–H and O–H groups in total. The second kappa shape index (κ2) is 14.5. The number of alkyl carbamates (subject to hydrolysis) is 1. The predicted octanol–water partition coefficient (Wildman–Crippen LogP) is 2.04. The Kier molecular flexibility index (Phi) is 12.5. The summed E-state index contributed by atoms with van der Waals surface area (Å²) >= 11 is 0. The van der Waals surface area contributed by atoms with E-state index in [4.69, 9.17) is 18.9 Å². The van der Waals surface area contributed by atoms with Gasteiger partial charge in [-0.15, -0.1) is 0 Å². The molecule has 1 rings (SSSR count). The topological polar surface area (TPSA) is 69.3 Å². The van der Waals surface area contributed by atoms with Crippen LogP contribution in [0.3, 0.4) is 0 Å². The first kappa shape index (κ1) is 22.4. The number of nitrogens with zero attached hydrogens (tertiary/aromatic N) is 1. The van der Waals surface area contributed by atoms with Crippen molar-refractivity contribution in [2.24, 2.45) is 0 Å². The highest BCUT2D eigenvalue weighted by atomic mass is 16.6. The molecule has 0 bridgehead atoms. The van der Waals surface area contributed by atoms with Gasteiger partial charge in [-0.05, 0) is 25.2 Å². The van der Waals surface area contributed by atoms with Gasteiger partial charge >= 0.3 is 6.09 Å². The number of carbonyl (C=O) groups excluding carboxylic acids is 1. The van der Waals surface area contributed by atoms with Crippen LogP contribution in [-0.2, 0) is 32.0 Å². The van der Waals surface area contributed by atoms with Crippen LogP contribution in [0.25, 0.3) is 0 Å². The van der Waals surface area contributed by atoms with E-state index in [2.05, 4.69) is 22.3 Å². The van der Waals surface area contributed by atoms with Crippen LogP contribution in [0.15, 0.2) is 24.3 Å². The number of rotatable bonds is 14. The Balaban J connectivity index is 2.00. The molecule has 0 radical (unpaired) electrons. The van der Waals surface area contributed by atoms with Crippen molar-refractivity contribution in [3.63, 3.8) is 0 Å². The molecule has 0 saturated carbocycles. The molecule has 7 heteroatoms. The minimum absolute atomic E-state index is 0.331. The van der Waals surface area contributed by atoms with Crippen LogP contribution < -0.4 is 5.32 Å². The van der Waals surface area contributed by atoms with Gasteiger partial charge in [0.25, 0.3) is 0 Å². The third kappa shape index (κ3) is 11.8. The minimum atomic E-state index is -0.412. The molecular formula is C19H32N2O5. The van der Waals surface area contributed by atoms with Gasteiger partial charge in [-0.3, -0.25) is 0 Å². The average Bonchev–Trinajstić information content (AvgIpc) is 2.62. The fourth-order valence-electron chi connectivity index (χ4n) is 2.14. The smallest absolute Gasteiger partial charge is 0.407 e. The summed E-state index contributed by atoms with van der Waals surface area (Å²) in [7, 11) is 5.71. The van der Waals surface area contributed by atoms with Crippen molar-refractivity contribution in [3.8, 4) is 0 Å². The van der Waals surface area contributed by atoms with Crippen molar-refractivity contribution in [2.75, 3.05) is 60.8 Å². The van der Waals surface area contributed by atoms with E-state index in [0.717, 1.165) is 12.1 Å².